The van der Waals surface area contributed by atoms with Crippen LogP contribution in [0.4, 0.5) is 5.69 Å². The van der Waals surface area contributed by atoms with Gasteiger partial charge in [0.15, 0.2) is 0 Å². The van der Waals surface area contributed by atoms with Crippen LogP contribution in [0.15, 0.2) is 59.2 Å². The lowest BCUT2D eigenvalue weighted by Crippen LogP contribution is -2.38. The number of nitrogens with two attached hydrogens (primary N) is 1. The largest absolute Gasteiger partial charge is 0.349 e. The van der Waals surface area contributed by atoms with Crippen molar-refractivity contribution in [2.75, 3.05) is 4.90 Å². The molecule has 1 heterocycles. The number of rotatable bonds is 4. The molecule has 4 rings (SSSR count). The SMILES string of the molecule is Cc1ccc(C(=O)NC2CC2)cc1N1C=NC(=Cc2ccccc2)C1N. The van der Waals surface area contributed by atoms with E-state index in [1.807, 2.05) is 66.4 Å². The number of carbonyl (C=O) groups is 1. The summed E-state index contributed by atoms with van der Waals surface area (Å²) in [6.07, 6.45) is 5.49. The van der Waals surface area contributed by atoms with Crippen molar-refractivity contribution in [3.8, 4) is 0 Å². The number of hydrogen-bond donors (Lipinski definition) is 2. The van der Waals surface area contributed by atoms with Crippen molar-refractivity contribution >= 4 is 24.0 Å². The molecule has 0 radical (unpaired) electrons. The van der Waals surface area contributed by atoms with Gasteiger partial charge in [0.05, 0.1) is 12.0 Å². The highest BCUT2D eigenvalue weighted by molar-refractivity contribution is 5.97. The highest BCUT2D eigenvalue weighted by atomic mass is 16.1. The van der Waals surface area contributed by atoms with E-state index < -0.39 is 0 Å². The fourth-order valence-corrected chi connectivity index (χ4v) is 3.00. The zero-order chi connectivity index (χ0) is 18.1. The topological polar surface area (TPSA) is 70.7 Å². The van der Waals surface area contributed by atoms with Crippen LogP contribution in [0.5, 0.6) is 0 Å². The van der Waals surface area contributed by atoms with Crippen LogP contribution < -0.4 is 16.0 Å². The lowest BCUT2D eigenvalue weighted by atomic mass is 10.1. The summed E-state index contributed by atoms with van der Waals surface area (Å²) in [6, 6.07) is 16.0. The van der Waals surface area contributed by atoms with Crippen LogP contribution in [-0.2, 0) is 0 Å². The Morgan fingerprint density at radius 3 is 2.73 bits per heavy atom. The average Bonchev–Trinajstić information content (AvgIpc) is 3.40. The second kappa shape index (κ2) is 6.77. The molecule has 2 aromatic rings. The number of hydrogen-bond acceptors (Lipinski definition) is 4. The maximum absolute atomic E-state index is 12.4. The maximum Gasteiger partial charge on any atom is 0.251 e. The molecule has 5 heteroatoms. The molecule has 1 amide bonds. The van der Waals surface area contributed by atoms with Gasteiger partial charge in [-0.05, 0) is 49.1 Å². The highest BCUT2D eigenvalue weighted by Gasteiger charge is 2.26. The number of nitrogens with zero attached hydrogens (tertiary/aromatic N) is 2. The van der Waals surface area contributed by atoms with Gasteiger partial charge in [-0.3, -0.25) is 4.79 Å². The first-order valence-electron chi connectivity index (χ1n) is 8.88. The van der Waals surface area contributed by atoms with Crippen molar-refractivity contribution < 1.29 is 4.79 Å². The molecule has 1 aliphatic carbocycles. The van der Waals surface area contributed by atoms with Crippen molar-refractivity contribution in [2.24, 2.45) is 10.7 Å². The molecule has 0 spiro atoms. The number of anilines is 1. The normalized spacial score (nSPS) is 20.6. The summed E-state index contributed by atoms with van der Waals surface area (Å²) in [5.74, 6) is -0.0292. The summed E-state index contributed by atoms with van der Waals surface area (Å²) in [5, 5.41) is 3.03. The van der Waals surface area contributed by atoms with Crippen molar-refractivity contribution in [3.63, 3.8) is 0 Å². The molecule has 5 nitrogen and oxygen atoms in total. The van der Waals surface area contributed by atoms with E-state index in [-0.39, 0.29) is 12.1 Å². The van der Waals surface area contributed by atoms with Crippen LogP contribution in [0.3, 0.4) is 0 Å². The number of nitrogens with one attached hydrogen (secondary N) is 1. The molecule has 1 fully saturated rings. The smallest absolute Gasteiger partial charge is 0.251 e. The zero-order valence-electron chi connectivity index (χ0n) is 14.7. The summed E-state index contributed by atoms with van der Waals surface area (Å²) < 4.78 is 0. The molecule has 0 aromatic heterocycles. The number of aliphatic imine (C=N–C) groups is 1. The molecule has 1 unspecified atom stereocenters. The second-order valence-electron chi connectivity index (χ2n) is 6.83. The molecule has 132 valence electrons. The lowest BCUT2D eigenvalue weighted by Gasteiger charge is -2.23. The summed E-state index contributed by atoms with van der Waals surface area (Å²) in [5.41, 5.74) is 10.9. The Morgan fingerprint density at radius 1 is 1.23 bits per heavy atom. The second-order valence-corrected chi connectivity index (χ2v) is 6.83. The molecule has 0 saturated heterocycles. The van der Waals surface area contributed by atoms with E-state index in [1.165, 1.54) is 0 Å². The summed E-state index contributed by atoms with van der Waals surface area (Å²) in [7, 11) is 0. The minimum absolute atomic E-state index is 0.0292. The van der Waals surface area contributed by atoms with Crippen molar-refractivity contribution in [1.29, 1.82) is 0 Å². The van der Waals surface area contributed by atoms with Gasteiger partial charge < -0.3 is 16.0 Å². The van der Waals surface area contributed by atoms with Gasteiger partial charge in [-0.15, -0.1) is 0 Å². The number of carbonyl (C=O) groups excluding carboxylic acids is 1. The van der Waals surface area contributed by atoms with Crippen molar-refractivity contribution in [2.45, 2.75) is 32.0 Å². The third kappa shape index (κ3) is 3.39. The molecule has 3 N–H and O–H groups in total. The van der Waals surface area contributed by atoms with Crippen molar-refractivity contribution in [1.82, 2.24) is 5.32 Å². The Labute approximate surface area is 153 Å². The third-order valence-electron chi connectivity index (χ3n) is 4.71. The summed E-state index contributed by atoms with van der Waals surface area (Å²) in [4.78, 5) is 18.7. The van der Waals surface area contributed by atoms with E-state index in [9.17, 15) is 4.79 Å². The zero-order valence-corrected chi connectivity index (χ0v) is 14.7. The first kappa shape index (κ1) is 16.5. The van der Waals surface area contributed by atoms with Crippen LogP contribution in [0.25, 0.3) is 6.08 Å². The third-order valence-corrected chi connectivity index (χ3v) is 4.71. The predicted molar refractivity (Wildman–Crippen MR) is 105 cm³/mol. The molecule has 2 aromatic carbocycles. The van der Waals surface area contributed by atoms with Gasteiger partial charge in [-0.1, -0.05) is 36.4 Å². The van der Waals surface area contributed by atoms with Crippen LogP contribution in [0.1, 0.15) is 34.3 Å². The molecule has 1 atom stereocenters. The predicted octanol–water partition coefficient (Wildman–Crippen LogP) is 3.06. The minimum atomic E-state index is -0.379. The quantitative estimate of drug-likeness (QED) is 0.894. The Balaban J connectivity index is 1.58. The maximum atomic E-state index is 12.4. The van der Waals surface area contributed by atoms with Crippen LogP contribution >= 0.6 is 0 Å². The number of aryl methyl sites for hydroxylation is 1. The van der Waals surface area contributed by atoms with E-state index in [4.69, 9.17) is 5.73 Å². The summed E-state index contributed by atoms with van der Waals surface area (Å²) >= 11 is 0. The van der Waals surface area contributed by atoms with Crippen molar-refractivity contribution in [3.05, 3.63) is 70.9 Å². The highest BCUT2D eigenvalue weighted by Crippen LogP contribution is 2.28. The van der Waals surface area contributed by atoms with Gasteiger partial charge in [0.25, 0.3) is 5.91 Å². The van der Waals surface area contributed by atoms with E-state index in [0.717, 1.165) is 35.4 Å². The first-order valence-corrected chi connectivity index (χ1v) is 8.88. The molecule has 0 bridgehead atoms. The minimum Gasteiger partial charge on any atom is -0.349 e. The van der Waals surface area contributed by atoms with Gasteiger partial charge in [0, 0.05) is 17.3 Å². The Kier molecular flexibility index (Phi) is 4.31. The molecule has 1 aliphatic heterocycles. The van der Waals surface area contributed by atoms with Gasteiger partial charge in [0.2, 0.25) is 0 Å². The number of benzene rings is 2. The molecular formula is C21H22N4O. The summed E-state index contributed by atoms with van der Waals surface area (Å²) in [6.45, 7) is 2.01. The van der Waals surface area contributed by atoms with Gasteiger partial charge >= 0.3 is 0 Å². The standard InChI is InChI=1S/C21H22N4O/c1-14-7-8-16(21(26)24-17-9-10-17)12-19(14)25-13-23-18(20(25)22)11-15-5-3-2-4-6-15/h2-8,11-13,17,20H,9-10,22H2,1H3,(H,24,26). The van der Waals surface area contributed by atoms with Crippen LogP contribution in [0.2, 0.25) is 0 Å². The van der Waals surface area contributed by atoms with E-state index >= 15 is 0 Å². The first-order chi connectivity index (χ1) is 12.6. The Hall–Kier alpha value is -2.92. The van der Waals surface area contributed by atoms with Crippen LogP contribution in [-0.4, -0.2) is 24.5 Å². The lowest BCUT2D eigenvalue weighted by molar-refractivity contribution is 0.0951. The Bertz CT molecular complexity index is 884. The Morgan fingerprint density at radius 2 is 2.00 bits per heavy atom. The van der Waals surface area contributed by atoms with E-state index in [0.29, 0.717) is 11.6 Å². The molecule has 1 saturated carbocycles. The fraction of sp³-hybridized carbons (Fsp3) is 0.238. The van der Waals surface area contributed by atoms with Gasteiger partial charge in [-0.25, -0.2) is 4.99 Å². The molecular weight excluding hydrogens is 324 g/mol. The monoisotopic (exact) mass is 346 g/mol. The molecule has 2 aliphatic rings. The molecule has 26 heavy (non-hydrogen) atoms. The van der Waals surface area contributed by atoms with Gasteiger partial charge in [0.1, 0.15) is 6.17 Å². The van der Waals surface area contributed by atoms with E-state index in [2.05, 4.69) is 10.3 Å². The van der Waals surface area contributed by atoms with Crippen LogP contribution in [0, 0.1) is 6.92 Å². The number of amides is 1. The van der Waals surface area contributed by atoms with Gasteiger partial charge in [-0.2, -0.15) is 0 Å². The fourth-order valence-electron chi connectivity index (χ4n) is 3.00. The van der Waals surface area contributed by atoms with E-state index in [1.54, 1.807) is 6.34 Å². The average molecular weight is 346 g/mol.